The van der Waals surface area contributed by atoms with Crippen LogP contribution in [0.4, 0.5) is 55.2 Å². The number of unbranched alkanes of at least 4 members (excludes halogenated alkanes) is 2. The van der Waals surface area contributed by atoms with Crippen LogP contribution in [0.5, 0.6) is 0 Å². The fourth-order valence-electron chi connectivity index (χ4n) is 6.61. The van der Waals surface area contributed by atoms with Gasteiger partial charge in [-0.05, 0) is 98.6 Å². The van der Waals surface area contributed by atoms with Gasteiger partial charge in [0, 0.05) is 12.4 Å². The van der Waals surface area contributed by atoms with Crippen molar-refractivity contribution in [3.8, 4) is 0 Å². The largest absolute Gasteiger partial charge is 0.509 e. The number of aliphatic hydroxyl groups excluding tert-OH is 2. The number of carbonyl (C=O) groups excluding carboxylic acids is 4. The molecule has 0 saturated carbocycles. The number of imidazole rings is 2. The summed E-state index contributed by atoms with van der Waals surface area (Å²) in [4.78, 5) is 116. The number of carboxylic acid groups (broad SMARTS) is 1. The molecule has 6 heterocycles. The number of hydrogen-bond donors (Lipinski definition) is 5. The van der Waals surface area contributed by atoms with E-state index in [-0.39, 0.29) is 44.4 Å². The molecule has 0 aliphatic carbocycles. The number of alkyl halides is 4. The van der Waals surface area contributed by atoms with Crippen molar-refractivity contribution in [3.05, 3.63) is 85.8 Å². The highest BCUT2D eigenvalue weighted by Crippen LogP contribution is 2.45. The van der Waals surface area contributed by atoms with Crippen LogP contribution in [-0.4, -0.2) is 162 Å². The van der Waals surface area contributed by atoms with Gasteiger partial charge in [0.1, 0.15) is 49.9 Å². The molecule has 0 spiro atoms. The average molecular weight is 1400 g/mol. The number of amides is 2. The van der Waals surface area contributed by atoms with Crippen molar-refractivity contribution in [2.45, 2.75) is 128 Å². The van der Waals surface area contributed by atoms with Crippen molar-refractivity contribution in [2.24, 2.45) is 0 Å². The predicted molar refractivity (Wildman–Crippen MR) is 280 cm³/mol. The second-order valence-electron chi connectivity index (χ2n) is 17.9. The van der Waals surface area contributed by atoms with Gasteiger partial charge in [0.15, 0.2) is 17.7 Å². The van der Waals surface area contributed by atoms with Gasteiger partial charge >= 0.3 is 65.1 Å². The number of aromatic nitrogens is 8. The molecule has 2 fully saturated rings. The number of carbonyl (C=O) groups is 5. The Morgan fingerprint density at radius 1 is 0.756 bits per heavy atom. The van der Waals surface area contributed by atoms with Crippen molar-refractivity contribution in [2.75, 3.05) is 37.1 Å². The highest BCUT2D eigenvalue weighted by atomic mass is 127. The molecule has 6 atom stereocenters. The molecule has 0 aromatic carbocycles. The fourth-order valence-corrected chi connectivity index (χ4v) is 7.72. The number of nitrogens with zero attached hydrogens (tertiary/aromatic N) is 10. The van der Waals surface area contributed by atoms with Crippen LogP contribution in [0.1, 0.15) is 72.8 Å². The summed E-state index contributed by atoms with van der Waals surface area (Å²) in [6.45, 7) is 6.13. The van der Waals surface area contributed by atoms with E-state index in [1.54, 1.807) is 45.2 Å². The molecule has 452 valence electrons. The van der Waals surface area contributed by atoms with Gasteiger partial charge in [-0.25, -0.2) is 24.0 Å². The minimum Gasteiger partial charge on any atom is -0.480 e. The fraction of sp³-hybridized carbons (Fsp3) is 0.558. The Morgan fingerprint density at radius 3 is 1.62 bits per heavy atom. The molecule has 6 rings (SSSR count). The lowest BCUT2D eigenvalue weighted by Gasteiger charge is -2.26. The van der Waals surface area contributed by atoms with Crippen LogP contribution < -0.4 is 22.0 Å². The Hall–Kier alpha value is -7.25. The zero-order valence-corrected chi connectivity index (χ0v) is 47.7. The number of ether oxygens (including phenoxy) is 7. The quantitative estimate of drug-likeness (QED) is 0.0156. The molecule has 0 radical (unpaired) electrons. The number of anilines is 2. The highest BCUT2D eigenvalue weighted by molar-refractivity contribution is 14.1. The molecular formula is C43H52F4I2N12O21. The van der Waals surface area contributed by atoms with Crippen molar-refractivity contribution in [3.63, 3.8) is 0 Å². The van der Waals surface area contributed by atoms with Crippen molar-refractivity contribution in [1.29, 1.82) is 0 Å². The Kier molecular flexibility index (Phi) is 24.3. The maximum Gasteiger partial charge on any atom is 0.509 e. The third kappa shape index (κ3) is 18.9. The van der Waals surface area contributed by atoms with Gasteiger partial charge in [-0.2, -0.15) is 27.5 Å². The lowest BCUT2D eigenvalue weighted by molar-refractivity contribution is -0.389. The van der Waals surface area contributed by atoms with Crippen LogP contribution in [0.25, 0.3) is 0 Å². The first-order valence-electron chi connectivity index (χ1n) is 23.7. The first kappa shape index (κ1) is 67.3. The van der Waals surface area contributed by atoms with Gasteiger partial charge in [-0.1, -0.05) is 26.7 Å². The van der Waals surface area contributed by atoms with Gasteiger partial charge in [0.25, 0.3) is 0 Å². The van der Waals surface area contributed by atoms with Crippen molar-refractivity contribution >= 4 is 98.7 Å². The highest BCUT2D eigenvalue weighted by Gasteiger charge is 2.63. The molecule has 39 heteroatoms. The molecule has 4 aromatic heterocycles. The van der Waals surface area contributed by atoms with Gasteiger partial charge in [0.2, 0.25) is 31.2 Å². The SMILES string of the molecule is CCCCOC(=O)Nc1nc(=O)n(C2O[C@H](CO)C(OC(=O)OC(C)(C)C)C2(F)F)cc1I.CCCCOC(=O)Nc1nc(=O)n([C@@H]2O[C@H](COC(=O)Cn3cnc([N+](=O)[O-])c3)C(O)C2(F)F)cc1I.O=C(O)Cn1cnc([N+](=O)[O-])c1. The van der Waals surface area contributed by atoms with Crippen molar-refractivity contribution in [1.82, 2.24) is 38.2 Å². The predicted octanol–water partition coefficient (Wildman–Crippen LogP) is 4.36. The van der Waals surface area contributed by atoms with E-state index >= 15 is 8.78 Å². The molecule has 2 amide bonds. The maximum absolute atomic E-state index is 15.1. The summed E-state index contributed by atoms with van der Waals surface area (Å²) in [6, 6.07) is 0. The second kappa shape index (κ2) is 29.6. The Bertz CT molecular complexity index is 3050. The number of nitrogens with one attached hydrogen (secondary N) is 2. The third-order valence-electron chi connectivity index (χ3n) is 10.4. The maximum atomic E-state index is 15.1. The minimum atomic E-state index is -3.98. The Labute approximate surface area is 485 Å². The van der Waals surface area contributed by atoms with Crippen LogP contribution in [0.3, 0.4) is 0 Å². The van der Waals surface area contributed by atoms with E-state index in [1.807, 2.05) is 13.8 Å². The summed E-state index contributed by atoms with van der Waals surface area (Å²) in [5, 5.41) is 53.1. The van der Waals surface area contributed by atoms with E-state index in [2.05, 4.69) is 30.6 Å². The summed E-state index contributed by atoms with van der Waals surface area (Å²) in [7, 11) is 0. The van der Waals surface area contributed by atoms with Gasteiger partial charge < -0.3 is 68.7 Å². The molecule has 2 aliphatic heterocycles. The summed E-state index contributed by atoms with van der Waals surface area (Å²) in [6.07, 6.45) is -6.67. The molecule has 2 aliphatic rings. The summed E-state index contributed by atoms with van der Waals surface area (Å²) >= 11 is 3.34. The summed E-state index contributed by atoms with van der Waals surface area (Å²) in [5.74, 6) is -11.2. The second-order valence-corrected chi connectivity index (χ2v) is 20.2. The van der Waals surface area contributed by atoms with E-state index < -0.39 is 131 Å². The van der Waals surface area contributed by atoms with Crippen LogP contribution in [0.2, 0.25) is 0 Å². The van der Waals surface area contributed by atoms with E-state index in [0.29, 0.717) is 22.0 Å². The molecule has 3 unspecified atom stereocenters. The number of carboxylic acids is 1. The van der Waals surface area contributed by atoms with Crippen LogP contribution in [0.15, 0.2) is 47.0 Å². The molecular weight excluding hydrogens is 1350 g/mol. The number of esters is 1. The first-order chi connectivity index (χ1) is 38.3. The van der Waals surface area contributed by atoms with Crippen LogP contribution in [0, 0.1) is 27.4 Å². The lowest BCUT2D eigenvalue weighted by Crippen LogP contribution is -2.45. The third-order valence-corrected chi connectivity index (χ3v) is 12.0. The van der Waals surface area contributed by atoms with Crippen LogP contribution >= 0.6 is 45.2 Å². The number of rotatable bonds is 20. The lowest BCUT2D eigenvalue weighted by atomic mass is 10.1. The molecule has 0 bridgehead atoms. The Morgan fingerprint density at radius 2 is 1.21 bits per heavy atom. The van der Waals surface area contributed by atoms with Gasteiger partial charge in [-0.3, -0.25) is 38.5 Å². The zero-order valence-electron chi connectivity index (χ0n) is 43.4. The number of aliphatic carboxylic acids is 1. The molecule has 82 heavy (non-hydrogen) atoms. The topological polar surface area (TPSA) is 426 Å². The minimum absolute atomic E-state index is 0.0998. The number of aliphatic hydroxyl groups is 2. The van der Waals surface area contributed by atoms with E-state index in [1.165, 1.54) is 20.8 Å². The van der Waals surface area contributed by atoms with E-state index in [9.17, 15) is 72.8 Å². The van der Waals surface area contributed by atoms with E-state index in [4.69, 9.17) is 38.3 Å². The number of halogens is 6. The van der Waals surface area contributed by atoms with Crippen LogP contribution in [-0.2, 0) is 55.8 Å². The first-order valence-corrected chi connectivity index (χ1v) is 25.9. The summed E-state index contributed by atoms with van der Waals surface area (Å²) < 4.78 is 97.9. The smallest absolute Gasteiger partial charge is 0.480 e. The Balaban J connectivity index is 0.000000294. The zero-order chi connectivity index (χ0) is 61.4. The standard InChI is InChI=1S/C19H21F2IN6O9.C19H26F2IN3O8.C5H5N3O4/c1-2-3-4-35-18(32)25-15-10(22)5-27(17(31)24-15)16-19(20,21)14(30)11(37-16)8-36-13(29)7-26-6-12(23-9-26)28(33)34;1-5-6-7-30-16(28)24-13-10(22)8-25(15(27)23-13)14-19(20,21)12(11(9-26)31-14)32-17(29)33-18(2,3)4;9-5(10)2-7-1-4(6-3-7)8(11)12/h5-6,9,11,14,16,30H,2-4,7-8H2,1H3,(H,24,25,31,32);8,11-12,14,26H,5-7,9H2,1-4H3,(H,23,24,27,28);1,3H,2H2,(H,9,10)/t11-,14?,16-;11-,12?,14?;/m11./s1. The molecule has 5 N–H and O–H groups in total. The van der Waals surface area contributed by atoms with Crippen molar-refractivity contribution < 1.29 is 99.9 Å². The average Bonchev–Trinajstić information content (AvgIpc) is 4.07. The monoisotopic (exact) mass is 1400 g/mol. The molecule has 4 aromatic rings. The van der Waals surface area contributed by atoms with Gasteiger partial charge in [0.05, 0.1) is 27.0 Å². The normalized spacial score (nSPS) is 19.5. The van der Waals surface area contributed by atoms with Gasteiger partial charge in [-0.15, -0.1) is 0 Å². The number of hydrogen-bond acceptors (Lipinski definition) is 24. The number of nitro groups is 2. The van der Waals surface area contributed by atoms with E-state index in [0.717, 1.165) is 59.4 Å². The molecule has 33 nitrogen and oxygen atoms in total. The molecule has 2 saturated heterocycles. The summed E-state index contributed by atoms with van der Waals surface area (Å²) in [5.41, 5.74) is -3.38.